The molecule has 0 amide bonds. The Hall–Kier alpha value is -4.98. The van der Waals surface area contributed by atoms with Crippen LogP contribution in [0.3, 0.4) is 0 Å². The number of halogens is 2. The second-order valence-electron chi connectivity index (χ2n) is 12.1. The van der Waals surface area contributed by atoms with Gasteiger partial charge in [0.1, 0.15) is 28.6 Å². The Morgan fingerprint density at radius 3 is 2.71 bits per heavy atom. The van der Waals surface area contributed by atoms with Crippen molar-refractivity contribution in [3.63, 3.8) is 0 Å². The lowest BCUT2D eigenvalue weighted by molar-refractivity contribution is 0.0587. The predicted octanol–water partition coefficient (Wildman–Crippen LogP) is 7.20. The standard InChI is InChI=1S/C37H33ClFN5O6S/c1-21-33-30(8-7-28(38)34(33)35-29(18-46)41-44-10-12-49-19-31(35)44)43(36(21)37(47)48-3)9-4-11-50-32-16-26(14-22-13-23(39)5-6-27(22)32)51-20-25-15-24(17-45)40-42(25)2/h5-8,13-18H,4,9-12,19-20H2,1-3H3. The van der Waals surface area contributed by atoms with Crippen molar-refractivity contribution in [1.82, 2.24) is 24.1 Å². The maximum atomic E-state index is 14.3. The third-order valence-corrected chi connectivity index (χ3v) is 10.4. The number of esters is 1. The Balaban J connectivity index is 1.19. The number of nitrogens with zero attached hydrogens (tertiary/aromatic N) is 5. The highest BCUT2D eigenvalue weighted by Crippen LogP contribution is 2.43. The first-order valence-electron chi connectivity index (χ1n) is 16.2. The number of rotatable bonds is 12. The number of aldehydes is 2. The minimum atomic E-state index is -0.505. The number of hydrogen-bond donors (Lipinski definition) is 0. The van der Waals surface area contributed by atoms with E-state index in [2.05, 4.69) is 10.2 Å². The summed E-state index contributed by atoms with van der Waals surface area (Å²) in [6.07, 6.45) is 1.93. The van der Waals surface area contributed by atoms with Crippen molar-refractivity contribution < 1.29 is 33.0 Å². The average Bonchev–Trinajstić information content (AvgIpc) is 3.78. The van der Waals surface area contributed by atoms with E-state index in [-0.39, 0.29) is 24.7 Å². The van der Waals surface area contributed by atoms with E-state index in [1.54, 1.807) is 34.6 Å². The van der Waals surface area contributed by atoms with Gasteiger partial charge in [-0.05, 0) is 72.8 Å². The zero-order valence-electron chi connectivity index (χ0n) is 28.1. The Kier molecular flexibility index (Phi) is 9.69. The highest BCUT2D eigenvalue weighted by Gasteiger charge is 2.29. The molecule has 3 aromatic carbocycles. The number of hydrogen-bond acceptors (Lipinski definition) is 9. The van der Waals surface area contributed by atoms with Crippen molar-refractivity contribution in [1.29, 1.82) is 0 Å². The molecule has 11 nitrogen and oxygen atoms in total. The molecule has 6 aromatic rings. The maximum absolute atomic E-state index is 14.3. The molecule has 0 fully saturated rings. The zero-order chi connectivity index (χ0) is 35.8. The summed E-state index contributed by atoms with van der Waals surface area (Å²) in [5, 5.41) is 11.3. The van der Waals surface area contributed by atoms with Gasteiger partial charge in [-0.15, -0.1) is 11.8 Å². The van der Waals surface area contributed by atoms with Crippen LogP contribution >= 0.6 is 23.4 Å². The molecule has 0 bridgehead atoms. The predicted molar refractivity (Wildman–Crippen MR) is 191 cm³/mol. The molecule has 3 aromatic heterocycles. The molecule has 0 radical (unpaired) electrons. The second-order valence-corrected chi connectivity index (χ2v) is 13.6. The molecule has 7 rings (SSSR count). The fourth-order valence-electron chi connectivity index (χ4n) is 6.74. The molecule has 262 valence electrons. The lowest BCUT2D eigenvalue weighted by atomic mass is 9.96. The molecule has 4 heterocycles. The number of ether oxygens (including phenoxy) is 3. The van der Waals surface area contributed by atoms with Crippen LogP contribution in [0.2, 0.25) is 5.02 Å². The van der Waals surface area contributed by atoms with Crippen molar-refractivity contribution >= 4 is 63.6 Å². The molecule has 1 aliphatic heterocycles. The van der Waals surface area contributed by atoms with Gasteiger partial charge in [-0.1, -0.05) is 11.6 Å². The molecule has 14 heteroatoms. The molecule has 51 heavy (non-hydrogen) atoms. The van der Waals surface area contributed by atoms with Gasteiger partial charge in [0.2, 0.25) is 0 Å². The van der Waals surface area contributed by atoms with Gasteiger partial charge in [0.25, 0.3) is 0 Å². The van der Waals surface area contributed by atoms with E-state index in [9.17, 15) is 18.8 Å². The Morgan fingerprint density at radius 2 is 1.94 bits per heavy atom. The van der Waals surface area contributed by atoms with Gasteiger partial charge in [-0.2, -0.15) is 10.2 Å². The van der Waals surface area contributed by atoms with Crippen molar-refractivity contribution in [3.05, 3.63) is 93.4 Å². The first kappa shape index (κ1) is 34.5. The van der Waals surface area contributed by atoms with E-state index in [0.29, 0.717) is 88.7 Å². The smallest absolute Gasteiger partial charge is 0.354 e. The average molecular weight is 730 g/mol. The van der Waals surface area contributed by atoms with Crippen LogP contribution in [0.5, 0.6) is 5.75 Å². The molecule has 1 aliphatic rings. The molecule has 0 atom stereocenters. The van der Waals surface area contributed by atoms with E-state index in [1.807, 2.05) is 29.7 Å². The van der Waals surface area contributed by atoms with Crippen LogP contribution < -0.4 is 4.74 Å². The highest BCUT2D eigenvalue weighted by molar-refractivity contribution is 7.98. The number of benzene rings is 3. The molecule has 0 saturated carbocycles. The van der Waals surface area contributed by atoms with Crippen LogP contribution in [0.25, 0.3) is 32.8 Å². The van der Waals surface area contributed by atoms with E-state index in [0.717, 1.165) is 32.6 Å². The quantitative estimate of drug-likeness (QED) is 0.0558. The SMILES string of the molecule is COC(=O)c1c(C)c2c(-c3c(C=O)nn4c3COCC4)c(Cl)ccc2n1CCCOc1cc(SCc2cc(C=O)nn2C)cc2cc(F)ccc12. The van der Waals surface area contributed by atoms with Crippen LogP contribution in [-0.2, 0) is 42.0 Å². The number of carbonyl (C=O) groups is 3. The second kappa shape index (κ2) is 14.3. The lowest BCUT2D eigenvalue weighted by Gasteiger charge is -2.17. The number of methoxy groups -OCH3 is 1. The maximum Gasteiger partial charge on any atom is 0.354 e. The highest BCUT2D eigenvalue weighted by atomic mass is 35.5. The Labute approximate surface area is 301 Å². The van der Waals surface area contributed by atoms with Crippen molar-refractivity contribution in [2.75, 3.05) is 20.3 Å². The van der Waals surface area contributed by atoms with Crippen LogP contribution in [0, 0.1) is 12.7 Å². The van der Waals surface area contributed by atoms with E-state index < -0.39 is 5.97 Å². The third kappa shape index (κ3) is 6.41. The van der Waals surface area contributed by atoms with Gasteiger partial charge >= 0.3 is 5.97 Å². The van der Waals surface area contributed by atoms with Crippen LogP contribution in [-0.4, -0.2) is 63.0 Å². The van der Waals surface area contributed by atoms with Crippen molar-refractivity contribution in [2.24, 2.45) is 7.05 Å². The van der Waals surface area contributed by atoms with Gasteiger partial charge in [-0.3, -0.25) is 19.0 Å². The number of aromatic nitrogens is 5. The Bertz CT molecular complexity index is 2350. The molecular formula is C37H33ClFN5O6S. The minimum Gasteiger partial charge on any atom is -0.493 e. The summed E-state index contributed by atoms with van der Waals surface area (Å²) in [4.78, 5) is 37.6. The van der Waals surface area contributed by atoms with E-state index in [4.69, 9.17) is 25.8 Å². The summed E-state index contributed by atoms with van der Waals surface area (Å²) in [7, 11) is 3.12. The molecule has 0 unspecified atom stereocenters. The first-order chi connectivity index (χ1) is 24.7. The summed E-state index contributed by atoms with van der Waals surface area (Å²) in [5.41, 5.74) is 5.21. The van der Waals surface area contributed by atoms with Crippen LogP contribution in [0.1, 0.15) is 54.8 Å². The molecule has 0 N–H and O–H groups in total. The number of aryl methyl sites for hydroxylation is 3. The number of fused-ring (bicyclic) bond motifs is 3. The number of carbonyl (C=O) groups excluding carboxylic acids is 3. The van der Waals surface area contributed by atoms with Gasteiger partial charge in [-0.25, -0.2) is 9.18 Å². The first-order valence-corrected chi connectivity index (χ1v) is 17.6. The third-order valence-electron chi connectivity index (χ3n) is 9.07. The summed E-state index contributed by atoms with van der Waals surface area (Å²) in [6, 6.07) is 13.8. The lowest BCUT2D eigenvalue weighted by Crippen LogP contribution is -2.17. The zero-order valence-corrected chi connectivity index (χ0v) is 29.6. The molecular weight excluding hydrogens is 697 g/mol. The normalized spacial score (nSPS) is 12.7. The van der Waals surface area contributed by atoms with Gasteiger partial charge < -0.3 is 18.8 Å². The van der Waals surface area contributed by atoms with Crippen molar-refractivity contribution in [3.8, 4) is 16.9 Å². The van der Waals surface area contributed by atoms with Crippen LogP contribution in [0.15, 0.2) is 53.4 Å². The minimum absolute atomic E-state index is 0.253. The number of thioether (sulfide) groups is 1. The van der Waals surface area contributed by atoms with Gasteiger partial charge in [0.15, 0.2) is 12.6 Å². The summed E-state index contributed by atoms with van der Waals surface area (Å²) in [6.45, 7) is 3.79. The Morgan fingerprint density at radius 1 is 1.10 bits per heavy atom. The molecule has 0 spiro atoms. The largest absolute Gasteiger partial charge is 0.493 e. The fraction of sp³-hybridized carbons (Fsp3) is 0.270. The summed E-state index contributed by atoms with van der Waals surface area (Å²) >= 11 is 8.39. The van der Waals surface area contributed by atoms with E-state index in [1.165, 1.54) is 31.0 Å². The topological polar surface area (TPSA) is 119 Å². The van der Waals surface area contributed by atoms with Crippen molar-refractivity contribution in [2.45, 2.75) is 43.7 Å². The molecule has 0 aliphatic carbocycles. The summed E-state index contributed by atoms with van der Waals surface area (Å²) < 4.78 is 36.9. The molecule has 0 saturated heterocycles. The van der Waals surface area contributed by atoms with E-state index >= 15 is 0 Å². The van der Waals surface area contributed by atoms with Gasteiger partial charge in [0, 0.05) is 62.4 Å². The van der Waals surface area contributed by atoms with Crippen LogP contribution in [0.4, 0.5) is 4.39 Å². The fourth-order valence-corrected chi connectivity index (χ4v) is 7.98. The monoisotopic (exact) mass is 729 g/mol. The summed E-state index contributed by atoms with van der Waals surface area (Å²) in [5.74, 6) is 0.281. The van der Waals surface area contributed by atoms with Gasteiger partial charge in [0.05, 0.1) is 39.2 Å².